The highest BCUT2D eigenvalue weighted by molar-refractivity contribution is 6.33. The number of rotatable bonds is 6. The highest BCUT2D eigenvalue weighted by Gasteiger charge is 2.11. The van der Waals surface area contributed by atoms with Gasteiger partial charge in [0.05, 0.1) is 10.7 Å². The van der Waals surface area contributed by atoms with Crippen molar-refractivity contribution in [1.82, 2.24) is 0 Å². The van der Waals surface area contributed by atoms with Gasteiger partial charge in [-0.1, -0.05) is 25.4 Å². The van der Waals surface area contributed by atoms with Gasteiger partial charge < -0.3 is 16.4 Å². The predicted octanol–water partition coefficient (Wildman–Crippen LogP) is 2.75. The van der Waals surface area contributed by atoms with Gasteiger partial charge in [0.25, 0.3) is 0 Å². The third-order valence-corrected chi connectivity index (χ3v) is 3.15. The molecular formula is C14H20ClN3O2. The average molecular weight is 298 g/mol. The number of hydrogen-bond acceptors (Lipinski definition) is 3. The summed E-state index contributed by atoms with van der Waals surface area (Å²) < 4.78 is 0. The Labute approximate surface area is 123 Å². The molecule has 2 amide bonds. The van der Waals surface area contributed by atoms with Gasteiger partial charge in [-0.25, -0.2) is 0 Å². The molecule has 0 heterocycles. The zero-order valence-electron chi connectivity index (χ0n) is 11.7. The number of carbonyl (C=O) groups is 2. The predicted molar refractivity (Wildman–Crippen MR) is 81.9 cm³/mol. The van der Waals surface area contributed by atoms with Crippen LogP contribution in [0.3, 0.4) is 0 Å². The molecule has 6 heteroatoms. The van der Waals surface area contributed by atoms with Gasteiger partial charge in [0.2, 0.25) is 11.8 Å². The van der Waals surface area contributed by atoms with Gasteiger partial charge in [-0.2, -0.15) is 0 Å². The van der Waals surface area contributed by atoms with E-state index in [-0.39, 0.29) is 24.3 Å². The summed E-state index contributed by atoms with van der Waals surface area (Å²) in [4.78, 5) is 23.1. The Morgan fingerprint density at radius 3 is 2.55 bits per heavy atom. The van der Waals surface area contributed by atoms with Crippen LogP contribution in [0, 0.1) is 0 Å². The minimum absolute atomic E-state index is 0.0994. The Balaban J connectivity index is 2.76. The first-order chi connectivity index (χ1) is 9.46. The molecule has 1 unspecified atom stereocenters. The van der Waals surface area contributed by atoms with E-state index in [4.69, 9.17) is 17.3 Å². The minimum Gasteiger partial charge on any atom is -0.327 e. The maximum atomic E-state index is 11.8. The van der Waals surface area contributed by atoms with Gasteiger partial charge in [-0.3, -0.25) is 9.59 Å². The molecule has 0 fully saturated rings. The van der Waals surface area contributed by atoms with Crippen LogP contribution in [0.5, 0.6) is 0 Å². The lowest BCUT2D eigenvalue weighted by molar-refractivity contribution is -0.117. The second-order valence-corrected chi connectivity index (χ2v) is 4.92. The van der Waals surface area contributed by atoms with E-state index in [9.17, 15) is 9.59 Å². The Kier molecular flexibility index (Phi) is 6.48. The maximum Gasteiger partial charge on any atom is 0.225 e. The van der Waals surface area contributed by atoms with Crippen molar-refractivity contribution in [3.63, 3.8) is 0 Å². The quantitative estimate of drug-likeness (QED) is 0.755. The van der Waals surface area contributed by atoms with E-state index in [0.29, 0.717) is 22.8 Å². The van der Waals surface area contributed by atoms with Crippen molar-refractivity contribution in [2.75, 3.05) is 10.6 Å². The van der Waals surface area contributed by atoms with Crippen molar-refractivity contribution in [2.45, 2.75) is 39.2 Å². The van der Waals surface area contributed by atoms with Gasteiger partial charge in [0.1, 0.15) is 0 Å². The summed E-state index contributed by atoms with van der Waals surface area (Å²) in [6, 6.07) is 4.77. The Morgan fingerprint density at radius 2 is 1.95 bits per heavy atom. The molecule has 0 aliphatic carbocycles. The lowest BCUT2D eigenvalue weighted by atomic mass is 10.1. The number of anilines is 2. The number of nitrogens with two attached hydrogens (primary N) is 1. The van der Waals surface area contributed by atoms with Gasteiger partial charge in [0, 0.05) is 24.6 Å². The molecule has 0 saturated carbocycles. The average Bonchev–Trinajstić information content (AvgIpc) is 2.42. The fraction of sp³-hybridized carbons (Fsp3) is 0.429. The number of nitrogens with one attached hydrogen (secondary N) is 2. The summed E-state index contributed by atoms with van der Waals surface area (Å²) in [5.41, 5.74) is 6.79. The van der Waals surface area contributed by atoms with Crippen LogP contribution in [0.25, 0.3) is 0 Å². The van der Waals surface area contributed by atoms with Crippen LogP contribution in [0.15, 0.2) is 18.2 Å². The zero-order valence-corrected chi connectivity index (χ0v) is 12.5. The first-order valence-electron chi connectivity index (χ1n) is 6.61. The van der Waals surface area contributed by atoms with Gasteiger partial charge in [-0.15, -0.1) is 0 Å². The summed E-state index contributed by atoms with van der Waals surface area (Å²) in [7, 11) is 0. The summed E-state index contributed by atoms with van der Waals surface area (Å²) >= 11 is 6.02. The molecule has 4 N–H and O–H groups in total. The Hall–Kier alpha value is -1.59. The van der Waals surface area contributed by atoms with Gasteiger partial charge >= 0.3 is 0 Å². The molecule has 110 valence electrons. The Bertz CT molecular complexity index is 491. The lowest BCUT2D eigenvalue weighted by Crippen LogP contribution is -2.26. The second-order valence-electron chi connectivity index (χ2n) is 4.52. The molecule has 1 rings (SSSR count). The first-order valence-corrected chi connectivity index (χ1v) is 6.98. The van der Waals surface area contributed by atoms with Crippen LogP contribution in [0.2, 0.25) is 5.02 Å². The van der Waals surface area contributed by atoms with Crippen molar-refractivity contribution in [3.05, 3.63) is 23.2 Å². The summed E-state index contributed by atoms with van der Waals surface area (Å²) in [5.74, 6) is -0.294. The van der Waals surface area contributed by atoms with Crippen molar-refractivity contribution in [3.8, 4) is 0 Å². The number of benzene rings is 1. The fourth-order valence-corrected chi connectivity index (χ4v) is 1.70. The minimum atomic E-state index is -0.194. The lowest BCUT2D eigenvalue weighted by Gasteiger charge is -2.12. The monoisotopic (exact) mass is 297 g/mol. The van der Waals surface area contributed by atoms with Crippen LogP contribution < -0.4 is 16.4 Å². The number of hydrogen-bond donors (Lipinski definition) is 3. The first kappa shape index (κ1) is 16.5. The smallest absolute Gasteiger partial charge is 0.225 e. The summed E-state index contributed by atoms with van der Waals surface area (Å²) in [6.07, 6.45) is 1.35. The third kappa shape index (κ3) is 5.19. The highest BCUT2D eigenvalue weighted by Crippen LogP contribution is 2.25. The van der Waals surface area contributed by atoms with Crippen molar-refractivity contribution in [1.29, 1.82) is 0 Å². The highest BCUT2D eigenvalue weighted by atomic mass is 35.5. The second kappa shape index (κ2) is 7.87. The fourth-order valence-electron chi connectivity index (χ4n) is 1.53. The van der Waals surface area contributed by atoms with Gasteiger partial charge in [0.15, 0.2) is 0 Å². The van der Waals surface area contributed by atoms with E-state index in [1.165, 1.54) is 0 Å². The van der Waals surface area contributed by atoms with Gasteiger partial charge in [-0.05, 0) is 24.6 Å². The van der Waals surface area contributed by atoms with Crippen molar-refractivity contribution >= 4 is 34.8 Å². The number of amides is 2. The van der Waals surface area contributed by atoms with E-state index in [1.54, 1.807) is 25.1 Å². The van der Waals surface area contributed by atoms with Crippen molar-refractivity contribution in [2.24, 2.45) is 5.73 Å². The topological polar surface area (TPSA) is 84.2 Å². The molecule has 1 atom stereocenters. The summed E-state index contributed by atoms with van der Waals surface area (Å²) in [5, 5.41) is 5.83. The van der Waals surface area contributed by atoms with Crippen LogP contribution in [0.4, 0.5) is 11.4 Å². The standard InChI is InChI=1S/C14H20ClN3O2/c1-3-9(16)7-14(20)18-12-8-10(5-6-11(12)15)17-13(19)4-2/h5-6,8-9H,3-4,7,16H2,1-2H3,(H,17,19)(H,18,20). The van der Waals surface area contributed by atoms with E-state index in [1.807, 2.05) is 6.92 Å². The van der Waals surface area contributed by atoms with E-state index in [0.717, 1.165) is 6.42 Å². The summed E-state index contributed by atoms with van der Waals surface area (Å²) in [6.45, 7) is 3.69. The molecule has 0 saturated heterocycles. The number of carbonyl (C=O) groups excluding carboxylic acids is 2. The normalized spacial score (nSPS) is 11.8. The SMILES string of the molecule is CCC(=O)Nc1ccc(Cl)c(NC(=O)CC(N)CC)c1. The molecule has 0 spiro atoms. The van der Waals surface area contributed by atoms with E-state index >= 15 is 0 Å². The molecule has 0 bridgehead atoms. The maximum absolute atomic E-state index is 11.8. The molecule has 0 aliphatic rings. The van der Waals surface area contributed by atoms with E-state index < -0.39 is 0 Å². The molecule has 20 heavy (non-hydrogen) atoms. The molecule has 0 radical (unpaired) electrons. The zero-order chi connectivity index (χ0) is 15.1. The molecule has 0 aliphatic heterocycles. The van der Waals surface area contributed by atoms with Crippen LogP contribution in [-0.2, 0) is 9.59 Å². The molecule has 1 aromatic carbocycles. The molecule has 0 aromatic heterocycles. The largest absolute Gasteiger partial charge is 0.327 e. The van der Waals surface area contributed by atoms with Crippen molar-refractivity contribution < 1.29 is 9.59 Å². The van der Waals surface area contributed by atoms with Crippen LogP contribution in [0.1, 0.15) is 33.1 Å². The molecular weight excluding hydrogens is 278 g/mol. The Morgan fingerprint density at radius 1 is 1.25 bits per heavy atom. The molecule has 1 aromatic rings. The van der Waals surface area contributed by atoms with E-state index in [2.05, 4.69) is 10.6 Å². The number of halogens is 1. The van der Waals surface area contributed by atoms with Crippen LogP contribution in [-0.4, -0.2) is 17.9 Å². The molecule has 5 nitrogen and oxygen atoms in total. The third-order valence-electron chi connectivity index (χ3n) is 2.82. The van der Waals surface area contributed by atoms with Crippen LogP contribution >= 0.6 is 11.6 Å².